The van der Waals surface area contributed by atoms with Crippen LogP contribution in [0.5, 0.6) is 0 Å². The third-order valence-electron chi connectivity index (χ3n) is 4.97. The van der Waals surface area contributed by atoms with Gasteiger partial charge in [0.05, 0.1) is 34.8 Å². The van der Waals surface area contributed by atoms with Gasteiger partial charge in [-0.05, 0) is 30.7 Å². The Labute approximate surface area is 173 Å². The van der Waals surface area contributed by atoms with E-state index in [1.165, 1.54) is 12.1 Å². The summed E-state index contributed by atoms with van der Waals surface area (Å²) in [4.78, 5) is 21.7. The molecule has 0 amide bonds. The molecule has 1 N–H and O–H groups in total. The van der Waals surface area contributed by atoms with Crippen molar-refractivity contribution in [3.63, 3.8) is 0 Å². The molecule has 9 nitrogen and oxygen atoms in total. The zero-order valence-electron chi connectivity index (χ0n) is 16.4. The number of hydrogen-bond acceptors (Lipinski definition) is 8. The van der Waals surface area contributed by atoms with E-state index in [2.05, 4.69) is 33.2 Å². The maximum atomic E-state index is 11.0. The Morgan fingerprint density at radius 2 is 2.23 bits per heavy atom. The third kappa shape index (κ3) is 4.14. The van der Waals surface area contributed by atoms with Crippen LogP contribution in [-0.4, -0.2) is 40.7 Å². The molecule has 152 valence electrons. The molecule has 0 spiro atoms. The van der Waals surface area contributed by atoms with Gasteiger partial charge in [-0.3, -0.25) is 10.1 Å². The van der Waals surface area contributed by atoms with Crippen LogP contribution in [0.3, 0.4) is 0 Å². The average molecular weight is 404 g/mol. The van der Waals surface area contributed by atoms with Crippen LogP contribution in [0.15, 0.2) is 42.6 Å². The summed E-state index contributed by atoms with van der Waals surface area (Å²) in [6.07, 6.45) is 2.01. The standard InChI is InChI=1S/C21H20N6O3/c1-14-13-26(6-7-30-14)21-5-2-15(12-24-21)11-23-20-8-16(10-22)18-9-17(27(28)29)3-4-19(18)25-20/h2-5,8-9,12,14H,6-7,11,13H2,1H3,(H,23,25). The van der Waals surface area contributed by atoms with E-state index in [-0.39, 0.29) is 11.8 Å². The summed E-state index contributed by atoms with van der Waals surface area (Å²) in [6, 6.07) is 12.0. The van der Waals surface area contributed by atoms with Crippen molar-refractivity contribution in [3.8, 4) is 6.07 Å². The predicted octanol–water partition coefficient (Wildman–Crippen LogP) is 3.25. The number of aromatic nitrogens is 2. The number of ether oxygens (including phenoxy) is 1. The molecule has 1 atom stereocenters. The number of nitro groups is 1. The van der Waals surface area contributed by atoms with Crippen molar-refractivity contribution >= 4 is 28.2 Å². The number of morpholine rings is 1. The van der Waals surface area contributed by atoms with Crippen molar-refractivity contribution in [1.82, 2.24) is 9.97 Å². The zero-order chi connectivity index (χ0) is 21.1. The van der Waals surface area contributed by atoms with Crippen LogP contribution in [-0.2, 0) is 11.3 Å². The van der Waals surface area contributed by atoms with E-state index in [0.717, 1.165) is 24.5 Å². The summed E-state index contributed by atoms with van der Waals surface area (Å²) < 4.78 is 5.57. The van der Waals surface area contributed by atoms with E-state index < -0.39 is 4.92 Å². The minimum Gasteiger partial charge on any atom is -0.375 e. The average Bonchev–Trinajstić information content (AvgIpc) is 2.77. The fraction of sp³-hybridized carbons (Fsp3) is 0.286. The molecule has 4 rings (SSSR count). The van der Waals surface area contributed by atoms with Gasteiger partial charge in [0, 0.05) is 43.4 Å². The van der Waals surface area contributed by atoms with Crippen molar-refractivity contribution in [3.05, 3.63) is 63.8 Å². The smallest absolute Gasteiger partial charge is 0.270 e. The van der Waals surface area contributed by atoms with Crippen molar-refractivity contribution in [1.29, 1.82) is 5.26 Å². The Morgan fingerprint density at radius 1 is 1.37 bits per heavy atom. The van der Waals surface area contributed by atoms with Crippen LogP contribution in [0.1, 0.15) is 18.1 Å². The van der Waals surface area contributed by atoms with Gasteiger partial charge >= 0.3 is 0 Å². The minimum absolute atomic E-state index is 0.0673. The van der Waals surface area contributed by atoms with E-state index in [1.807, 2.05) is 18.3 Å². The molecular formula is C21H20N6O3. The number of nitro benzene ring substituents is 1. The quantitative estimate of drug-likeness (QED) is 0.509. The number of nitrogens with zero attached hydrogens (tertiary/aromatic N) is 5. The highest BCUT2D eigenvalue weighted by Crippen LogP contribution is 2.25. The topological polar surface area (TPSA) is 117 Å². The van der Waals surface area contributed by atoms with E-state index in [4.69, 9.17) is 4.74 Å². The molecule has 0 bridgehead atoms. The van der Waals surface area contributed by atoms with Gasteiger partial charge < -0.3 is 15.0 Å². The number of non-ortho nitro benzene ring substituents is 1. The van der Waals surface area contributed by atoms with Gasteiger partial charge in [-0.25, -0.2) is 9.97 Å². The van der Waals surface area contributed by atoms with Gasteiger partial charge in [-0.1, -0.05) is 6.07 Å². The van der Waals surface area contributed by atoms with E-state index in [0.29, 0.717) is 35.4 Å². The number of pyridine rings is 2. The monoisotopic (exact) mass is 404 g/mol. The normalized spacial score (nSPS) is 16.3. The first-order valence-electron chi connectivity index (χ1n) is 9.58. The molecule has 3 aromatic rings. The summed E-state index contributed by atoms with van der Waals surface area (Å²) in [5.74, 6) is 1.45. The molecule has 0 aliphatic carbocycles. The van der Waals surface area contributed by atoms with Crippen LogP contribution in [0.4, 0.5) is 17.3 Å². The van der Waals surface area contributed by atoms with Crippen molar-refractivity contribution in [2.45, 2.75) is 19.6 Å². The van der Waals surface area contributed by atoms with Crippen LogP contribution in [0, 0.1) is 21.4 Å². The molecule has 2 aromatic heterocycles. The van der Waals surface area contributed by atoms with Crippen LogP contribution in [0.2, 0.25) is 0 Å². The van der Waals surface area contributed by atoms with Crippen molar-refractivity contribution in [2.75, 3.05) is 29.9 Å². The fourth-order valence-corrected chi connectivity index (χ4v) is 3.44. The molecule has 3 heterocycles. The van der Waals surface area contributed by atoms with Crippen molar-refractivity contribution in [2.24, 2.45) is 0 Å². The number of anilines is 2. The molecule has 1 unspecified atom stereocenters. The molecule has 1 saturated heterocycles. The number of nitrogens with one attached hydrogen (secondary N) is 1. The van der Waals surface area contributed by atoms with Crippen LogP contribution < -0.4 is 10.2 Å². The molecule has 1 aliphatic heterocycles. The highest BCUT2D eigenvalue weighted by Gasteiger charge is 2.17. The lowest BCUT2D eigenvalue weighted by molar-refractivity contribution is -0.384. The number of hydrogen-bond donors (Lipinski definition) is 1. The number of benzene rings is 1. The second-order valence-corrected chi connectivity index (χ2v) is 7.13. The van der Waals surface area contributed by atoms with Gasteiger partial charge in [-0.15, -0.1) is 0 Å². The maximum Gasteiger partial charge on any atom is 0.270 e. The van der Waals surface area contributed by atoms with E-state index >= 15 is 0 Å². The summed E-state index contributed by atoms with van der Waals surface area (Å²) in [7, 11) is 0. The van der Waals surface area contributed by atoms with Gasteiger partial charge in [-0.2, -0.15) is 5.26 Å². The molecule has 1 aliphatic rings. The lowest BCUT2D eigenvalue weighted by Gasteiger charge is -2.32. The van der Waals surface area contributed by atoms with Gasteiger partial charge in [0.2, 0.25) is 0 Å². The summed E-state index contributed by atoms with van der Waals surface area (Å²) in [5.41, 5.74) is 1.77. The first-order chi connectivity index (χ1) is 14.5. The Bertz CT molecular complexity index is 1130. The van der Waals surface area contributed by atoms with Crippen molar-refractivity contribution < 1.29 is 9.66 Å². The maximum absolute atomic E-state index is 11.0. The summed E-state index contributed by atoms with van der Waals surface area (Å²) in [6.45, 7) is 4.88. The highest BCUT2D eigenvalue weighted by atomic mass is 16.6. The van der Waals surface area contributed by atoms with Crippen LogP contribution in [0.25, 0.3) is 10.9 Å². The molecule has 1 fully saturated rings. The Kier molecular flexibility index (Phi) is 5.41. The number of rotatable bonds is 5. The molecule has 30 heavy (non-hydrogen) atoms. The third-order valence-corrected chi connectivity index (χ3v) is 4.97. The second-order valence-electron chi connectivity index (χ2n) is 7.13. The SMILES string of the molecule is CC1CN(c2ccc(CNc3cc(C#N)c4cc([N+](=O)[O-])ccc4n3)cn2)CCO1. The molecule has 0 saturated carbocycles. The molecule has 0 radical (unpaired) electrons. The molecule has 1 aromatic carbocycles. The Hall–Kier alpha value is -3.77. The predicted molar refractivity (Wildman–Crippen MR) is 112 cm³/mol. The highest BCUT2D eigenvalue weighted by molar-refractivity contribution is 5.88. The second kappa shape index (κ2) is 8.31. The largest absolute Gasteiger partial charge is 0.375 e. The lowest BCUT2D eigenvalue weighted by Crippen LogP contribution is -2.41. The molecular weight excluding hydrogens is 384 g/mol. The molecule has 9 heteroatoms. The Morgan fingerprint density at radius 3 is 2.93 bits per heavy atom. The van der Waals surface area contributed by atoms with Crippen LogP contribution >= 0.6 is 0 Å². The first kappa shape index (κ1) is 19.5. The summed E-state index contributed by atoms with van der Waals surface area (Å²) >= 11 is 0. The van der Waals surface area contributed by atoms with Gasteiger partial charge in [0.1, 0.15) is 11.6 Å². The number of fused-ring (bicyclic) bond motifs is 1. The zero-order valence-corrected chi connectivity index (χ0v) is 16.4. The number of nitriles is 1. The van der Waals surface area contributed by atoms with E-state index in [1.54, 1.807) is 12.1 Å². The fourth-order valence-electron chi connectivity index (χ4n) is 3.44. The van der Waals surface area contributed by atoms with Gasteiger partial charge in [0.25, 0.3) is 5.69 Å². The summed E-state index contributed by atoms with van der Waals surface area (Å²) in [5, 5.41) is 24.1. The first-order valence-corrected chi connectivity index (χ1v) is 9.58. The Balaban J connectivity index is 1.48. The lowest BCUT2D eigenvalue weighted by atomic mass is 10.1. The minimum atomic E-state index is -0.485. The van der Waals surface area contributed by atoms with E-state index in [9.17, 15) is 15.4 Å². The van der Waals surface area contributed by atoms with Gasteiger partial charge in [0.15, 0.2) is 0 Å².